The molecule has 7 nitrogen and oxygen atoms in total. The molecule has 0 bridgehead atoms. The molecule has 1 aliphatic heterocycles. The molecular formula is C22H21F3N6O. The Bertz CT molecular complexity index is 1210. The first-order chi connectivity index (χ1) is 15.2. The first-order valence-corrected chi connectivity index (χ1v) is 9.91. The maximum Gasteiger partial charge on any atom is 0.417 e. The number of hydrogen-bond donors (Lipinski definition) is 2. The summed E-state index contributed by atoms with van der Waals surface area (Å²) in [5.74, 6) is 1.19. The first kappa shape index (κ1) is 21.4. The molecule has 4 rings (SSSR count). The van der Waals surface area contributed by atoms with Crippen LogP contribution in [0, 0.1) is 0 Å². The van der Waals surface area contributed by atoms with E-state index in [-0.39, 0.29) is 16.8 Å². The van der Waals surface area contributed by atoms with Gasteiger partial charge in [-0.25, -0.2) is 9.97 Å². The second-order valence-corrected chi connectivity index (χ2v) is 7.38. The standard InChI is InChI=1S/C22H21F3N6O/c1-14(28-19-12-20(32)27-13-26-19)31-11-5-10-30(2)18-9-8-17(29-21(18)31)15-6-3-4-7-16(15)22(23,24)25/h3-4,6-9,12-13H,1,5,10-11H2,2H3,(H2,26,27,28,32). The number of aromatic nitrogens is 3. The zero-order valence-corrected chi connectivity index (χ0v) is 17.3. The number of anilines is 3. The van der Waals surface area contributed by atoms with Crippen molar-refractivity contribution in [3.05, 3.63) is 77.1 Å². The molecule has 1 aromatic carbocycles. The highest BCUT2D eigenvalue weighted by molar-refractivity contribution is 5.76. The predicted molar refractivity (Wildman–Crippen MR) is 118 cm³/mol. The molecule has 2 N–H and O–H groups in total. The van der Waals surface area contributed by atoms with Crippen molar-refractivity contribution in [1.82, 2.24) is 15.0 Å². The Morgan fingerprint density at radius 1 is 1.19 bits per heavy atom. The van der Waals surface area contributed by atoms with Crippen LogP contribution in [-0.4, -0.2) is 35.1 Å². The molecule has 3 aromatic rings. The van der Waals surface area contributed by atoms with Crippen LogP contribution in [0.15, 0.2) is 66.0 Å². The van der Waals surface area contributed by atoms with Crippen molar-refractivity contribution in [1.29, 1.82) is 0 Å². The van der Waals surface area contributed by atoms with Gasteiger partial charge < -0.3 is 20.1 Å². The lowest BCUT2D eigenvalue weighted by molar-refractivity contribution is -0.137. The van der Waals surface area contributed by atoms with E-state index in [1.54, 1.807) is 23.1 Å². The van der Waals surface area contributed by atoms with Gasteiger partial charge in [-0.15, -0.1) is 0 Å². The summed E-state index contributed by atoms with van der Waals surface area (Å²) in [6, 6.07) is 10.0. The Morgan fingerprint density at radius 3 is 2.72 bits per heavy atom. The van der Waals surface area contributed by atoms with Gasteiger partial charge in [-0.3, -0.25) is 4.79 Å². The molecule has 166 valence electrons. The van der Waals surface area contributed by atoms with Crippen LogP contribution < -0.4 is 20.7 Å². The van der Waals surface area contributed by atoms with E-state index in [4.69, 9.17) is 0 Å². The lowest BCUT2D eigenvalue weighted by Gasteiger charge is -2.27. The van der Waals surface area contributed by atoms with Crippen LogP contribution >= 0.6 is 0 Å². The summed E-state index contributed by atoms with van der Waals surface area (Å²) >= 11 is 0. The molecule has 10 heteroatoms. The largest absolute Gasteiger partial charge is 0.417 e. The Morgan fingerprint density at radius 2 is 1.97 bits per heavy atom. The van der Waals surface area contributed by atoms with Crippen molar-refractivity contribution >= 4 is 17.3 Å². The van der Waals surface area contributed by atoms with E-state index >= 15 is 0 Å². The fourth-order valence-electron chi connectivity index (χ4n) is 3.65. The predicted octanol–water partition coefficient (Wildman–Crippen LogP) is 4.08. The molecule has 0 amide bonds. The van der Waals surface area contributed by atoms with Crippen molar-refractivity contribution in [2.75, 3.05) is 35.3 Å². The second kappa shape index (κ2) is 8.37. The number of fused-ring (bicyclic) bond motifs is 1. The molecule has 0 saturated heterocycles. The van der Waals surface area contributed by atoms with Crippen molar-refractivity contribution < 1.29 is 13.2 Å². The number of benzene rings is 1. The van der Waals surface area contributed by atoms with Gasteiger partial charge in [0.2, 0.25) is 0 Å². The highest BCUT2D eigenvalue weighted by Crippen LogP contribution is 2.39. The summed E-state index contributed by atoms with van der Waals surface area (Å²) in [5, 5.41) is 2.99. The third kappa shape index (κ3) is 4.29. The van der Waals surface area contributed by atoms with Gasteiger partial charge in [-0.1, -0.05) is 24.8 Å². The maximum atomic E-state index is 13.6. The third-order valence-corrected chi connectivity index (χ3v) is 5.18. The van der Waals surface area contributed by atoms with Gasteiger partial charge in [0.05, 0.1) is 23.3 Å². The second-order valence-electron chi connectivity index (χ2n) is 7.38. The number of rotatable bonds is 4. The van der Waals surface area contributed by atoms with Crippen molar-refractivity contribution in [3.63, 3.8) is 0 Å². The van der Waals surface area contributed by atoms with Crippen LogP contribution in [0.25, 0.3) is 11.3 Å². The minimum atomic E-state index is -4.50. The van der Waals surface area contributed by atoms with E-state index in [0.29, 0.717) is 24.0 Å². The lowest BCUT2D eigenvalue weighted by atomic mass is 10.0. The van der Waals surface area contributed by atoms with Gasteiger partial charge in [0.1, 0.15) is 11.6 Å². The molecule has 0 aliphatic carbocycles. The monoisotopic (exact) mass is 442 g/mol. The molecule has 3 heterocycles. The van der Waals surface area contributed by atoms with Gasteiger partial charge in [-0.2, -0.15) is 13.2 Å². The smallest absolute Gasteiger partial charge is 0.372 e. The summed E-state index contributed by atoms with van der Waals surface area (Å²) < 4.78 is 40.7. The van der Waals surface area contributed by atoms with Gasteiger partial charge in [0.15, 0.2) is 5.82 Å². The minimum absolute atomic E-state index is 0.00415. The highest BCUT2D eigenvalue weighted by Gasteiger charge is 2.34. The number of nitrogens with zero attached hydrogens (tertiary/aromatic N) is 4. The molecule has 0 unspecified atom stereocenters. The zero-order valence-electron chi connectivity index (χ0n) is 17.3. The number of alkyl halides is 3. The highest BCUT2D eigenvalue weighted by atomic mass is 19.4. The SMILES string of the molecule is C=C(Nc1cc(=O)[nH]cn1)N1CCCN(C)c2ccc(-c3ccccc3C(F)(F)F)nc21. The van der Waals surface area contributed by atoms with Crippen LogP contribution in [0.3, 0.4) is 0 Å². The number of halogens is 3. The van der Waals surface area contributed by atoms with Gasteiger partial charge in [-0.05, 0) is 24.6 Å². The minimum Gasteiger partial charge on any atom is -0.372 e. The summed E-state index contributed by atoms with van der Waals surface area (Å²) in [6.07, 6.45) is -2.46. The molecule has 0 atom stereocenters. The molecular weight excluding hydrogens is 421 g/mol. The van der Waals surface area contributed by atoms with Crippen LogP contribution in [-0.2, 0) is 6.18 Å². The molecule has 0 spiro atoms. The Kier molecular flexibility index (Phi) is 5.60. The van der Waals surface area contributed by atoms with Gasteiger partial charge in [0.25, 0.3) is 5.56 Å². The maximum absolute atomic E-state index is 13.6. The topological polar surface area (TPSA) is 77.2 Å². The van der Waals surface area contributed by atoms with Crippen molar-refractivity contribution in [2.45, 2.75) is 12.6 Å². The Balaban J connectivity index is 1.77. The average Bonchev–Trinajstić information content (AvgIpc) is 2.91. The van der Waals surface area contributed by atoms with Crippen molar-refractivity contribution in [2.24, 2.45) is 0 Å². The quantitative estimate of drug-likeness (QED) is 0.634. The van der Waals surface area contributed by atoms with E-state index in [1.807, 2.05) is 11.9 Å². The van der Waals surface area contributed by atoms with Crippen LogP contribution in [0.1, 0.15) is 12.0 Å². The van der Waals surface area contributed by atoms with E-state index in [2.05, 4.69) is 26.8 Å². The zero-order chi connectivity index (χ0) is 22.9. The van der Waals surface area contributed by atoms with Crippen LogP contribution in [0.4, 0.5) is 30.5 Å². The molecule has 0 saturated carbocycles. The molecule has 2 aromatic heterocycles. The van der Waals surface area contributed by atoms with Gasteiger partial charge in [0, 0.05) is 31.8 Å². The van der Waals surface area contributed by atoms with Crippen molar-refractivity contribution in [3.8, 4) is 11.3 Å². The summed E-state index contributed by atoms with van der Waals surface area (Å²) in [7, 11) is 1.90. The van der Waals surface area contributed by atoms with Gasteiger partial charge >= 0.3 is 6.18 Å². The van der Waals surface area contributed by atoms with E-state index in [9.17, 15) is 18.0 Å². The summed E-state index contributed by atoms with van der Waals surface area (Å²) in [5.41, 5.74) is -0.0952. The fourth-order valence-corrected chi connectivity index (χ4v) is 3.65. The Hall–Kier alpha value is -3.82. The van der Waals surface area contributed by atoms with Crippen LogP contribution in [0.2, 0.25) is 0 Å². The molecule has 0 fully saturated rings. The van der Waals surface area contributed by atoms with E-state index in [0.717, 1.165) is 24.7 Å². The number of pyridine rings is 1. The number of nitrogens with one attached hydrogen (secondary N) is 2. The van der Waals surface area contributed by atoms with E-state index in [1.165, 1.54) is 24.5 Å². The fraction of sp³-hybridized carbons (Fsp3) is 0.227. The lowest BCUT2D eigenvalue weighted by Crippen LogP contribution is -2.28. The van der Waals surface area contributed by atoms with Crippen LogP contribution in [0.5, 0.6) is 0 Å². The average molecular weight is 442 g/mol. The first-order valence-electron chi connectivity index (χ1n) is 9.91. The summed E-state index contributed by atoms with van der Waals surface area (Å²) in [6.45, 7) is 5.32. The molecule has 1 aliphatic rings. The Labute approximate surface area is 182 Å². The summed E-state index contributed by atoms with van der Waals surface area (Å²) in [4.78, 5) is 26.5. The molecule has 32 heavy (non-hydrogen) atoms. The number of H-pyrrole nitrogens is 1. The van der Waals surface area contributed by atoms with E-state index < -0.39 is 11.7 Å². The normalized spacial score (nSPS) is 14.0. The third-order valence-electron chi connectivity index (χ3n) is 5.18. The molecule has 0 radical (unpaired) electrons. The number of aromatic amines is 1. The number of hydrogen-bond acceptors (Lipinski definition) is 6.